The summed E-state index contributed by atoms with van der Waals surface area (Å²) in [6.45, 7) is 1.79. The summed E-state index contributed by atoms with van der Waals surface area (Å²) in [6, 6.07) is 4.09. The average molecular weight is 263 g/mol. The Hall–Kier alpha value is -0.750. The Bertz CT molecular complexity index is 516. The number of alkyl halides is 3. The van der Waals surface area contributed by atoms with Gasteiger partial charge in [-0.1, -0.05) is 6.07 Å². The van der Waals surface area contributed by atoms with Gasteiger partial charge in [0.2, 0.25) is 0 Å². The summed E-state index contributed by atoms with van der Waals surface area (Å²) in [5.41, 5.74) is -0.655. The van der Waals surface area contributed by atoms with Crippen molar-refractivity contribution in [1.82, 2.24) is 4.98 Å². The maximum atomic E-state index is 12.7. The van der Waals surface area contributed by atoms with Crippen LogP contribution in [0.4, 0.5) is 13.2 Å². The summed E-state index contributed by atoms with van der Waals surface area (Å²) >= 11 is 5.42. The third kappa shape index (κ3) is 2.04. The first-order valence-electron chi connectivity index (χ1n) is 4.54. The maximum Gasteiger partial charge on any atom is 0.418 e. The number of aromatic nitrogens is 1. The highest BCUT2D eigenvalue weighted by molar-refractivity contribution is 7.80. The minimum Gasteiger partial charge on any atom is -0.239 e. The van der Waals surface area contributed by atoms with E-state index >= 15 is 0 Å². The molecule has 2 rings (SSSR count). The fourth-order valence-corrected chi connectivity index (χ4v) is 2.52. The summed E-state index contributed by atoms with van der Waals surface area (Å²) in [6.07, 6.45) is -4.36. The van der Waals surface area contributed by atoms with E-state index < -0.39 is 11.7 Å². The molecule has 1 heterocycles. The van der Waals surface area contributed by atoms with Crippen molar-refractivity contribution in [2.45, 2.75) is 18.3 Å². The van der Waals surface area contributed by atoms with Gasteiger partial charge in [-0.25, -0.2) is 4.98 Å². The zero-order valence-corrected chi connectivity index (χ0v) is 9.96. The van der Waals surface area contributed by atoms with Crippen LogP contribution in [0.2, 0.25) is 0 Å². The van der Waals surface area contributed by atoms with Crippen LogP contribution in [0.1, 0.15) is 22.7 Å². The van der Waals surface area contributed by atoms with E-state index in [0.717, 1.165) is 6.07 Å². The third-order valence-corrected chi connectivity index (χ3v) is 3.72. The third-order valence-electron chi connectivity index (χ3n) is 2.10. The van der Waals surface area contributed by atoms with Crippen LogP contribution in [-0.4, -0.2) is 4.98 Å². The summed E-state index contributed by atoms with van der Waals surface area (Å²) < 4.78 is 38.6. The standard InChI is InChI=1S/C10H8F3NS2/c1-5(15)9-14-8-6(10(11,12)13)3-2-4-7(8)16-9/h2-5,15H,1H3. The average Bonchev–Trinajstić information content (AvgIpc) is 2.58. The van der Waals surface area contributed by atoms with Gasteiger partial charge in [0.05, 0.1) is 21.0 Å². The second-order valence-electron chi connectivity index (χ2n) is 3.38. The van der Waals surface area contributed by atoms with Crippen molar-refractivity contribution in [3.63, 3.8) is 0 Å². The van der Waals surface area contributed by atoms with Crippen molar-refractivity contribution in [2.75, 3.05) is 0 Å². The van der Waals surface area contributed by atoms with Gasteiger partial charge in [0.1, 0.15) is 5.01 Å². The Morgan fingerprint density at radius 1 is 1.38 bits per heavy atom. The van der Waals surface area contributed by atoms with Crippen LogP contribution >= 0.6 is 24.0 Å². The molecule has 1 atom stereocenters. The van der Waals surface area contributed by atoms with Gasteiger partial charge in [-0.15, -0.1) is 11.3 Å². The van der Waals surface area contributed by atoms with E-state index in [-0.39, 0.29) is 10.8 Å². The van der Waals surface area contributed by atoms with Gasteiger partial charge < -0.3 is 0 Å². The van der Waals surface area contributed by atoms with Gasteiger partial charge in [-0.3, -0.25) is 0 Å². The highest BCUT2D eigenvalue weighted by Gasteiger charge is 2.33. The largest absolute Gasteiger partial charge is 0.418 e. The van der Waals surface area contributed by atoms with Gasteiger partial charge in [-0.05, 0) is 19.1 Å². The molecule has 0 spiro atoms. The second kappa shape index (κ2) is 3.92. The molecule has 0 aliphatic rings. The molecule has 1 aromatic heterocycles. The molecule has 0 fully saturated rings. The number of hydrogen-bond acceptors (Lipinski definition) is 3. The number of para-hydroxylation sites is 1. The lowest BCUT2D eigenvalue weighted by Gasteiger charge is -2.06. The normalized spacial score (nSPS) is 14.3. The minimum absolute atomic E-state index is 0.0240. The second-order valence-corrected chi connectivity index (χ2v) is 5.21. The molecule has 2 aromatic rings. The van der Waals surface area contributed by atoms with Gasteiger partial charge in [-0.2, -0.15) is 25.8 Å². The number of thiol groups is 1. The fourth-order valence-electron chi connectivity index (χ4n) is 1.37. The van der Waals surface area contributed by atoms with Crippen molar-refractivity contribution in [3.8, 4) is 0 Å². The number of fused-ring (bicyclic) bond motifs is 1. The summed E-state index contributed by atoms with van der Waals surface area (Å²) in [5.74, 6) is 0. The molecule has 86 valence electrons. The summed E-state index contributed by atoms with van der Waals surface area (Å²) in [5, 5.41) is 0.452. The van der Waals surface area contributed by atoms with E-state index in [1.54, 1.807) is 13.0 Å². The van der Waals surface area contributed by atoms with E-state index in [2.05, 4.69) is 17.6 Å². The van der Waals surface area contributed by atoms with Crippen LogP contribution in [-0.2, 0) is 6.18 Å². The molecule has 0 aliphatic heterocycles. The highest BCUT2D eigenvalue weighted by Crippen LogP contribution is 2.37. The number of nitrogens with zero attached hydrogens (tertiary/aromatic N) is 1. The molecule has 0 amide bonds. The molecule has 0 N–H and O–H groups in total. The van der Waals surface area contributed by atoms with Gasteiger partial charge in [0.25, 0.3) is 0 Å². The molecule has 1 aromatic carbocycles. The number of benzene rings is 1. The van der Waals surface area contributed by atoms with E-state index in [0.29, 0.717) is 9.71 Å². The topological polar surface area (TPSA) is 12.9 Å². The van der Waals surface area contributed by atoms with Crippen molar-refractivity contribution >= 4 is 34.2 Å². The van der Waals surface area contributed by atoms with Crippen LogP contribution in [0.5, 0.6) is 0 Å². The lowest BCUT2D eigenvalue weighted by atomic mass is 10.2. The van der Waals surface area contributed by atoms with E-state index in [1.807, 2.05) is 0 Å². The molecular weight excluding hydrogens is 255 g/mol. The molecule has 1 nitrogen and oxygen atoms in total. The summed E-state index contributed by atoms with van der Waals surface area (Å²) in [7, 11) is 0. The molecule has 1 unspecified atom stereocenters. The van der Waals surface area contributed by atoms with E-state index in [1.165, 1.54) is 17.4 Å². The number of hydrogen-bond donors (Lipinski definition) is 1. The van der Waals surface area contributed by atoms with Gasteiger partial charge >= 0.3 is 6.18 Å². The van der Waals surface area contributed by atoms with Crippen molar-refractivity contribution < 1.29 is 13.2 Å². The molecule has 0 radical (unpaired) electrons. The molecule has 0 bridgehead atoms. The van der Waals surface area contributed by atoms with Crippen LogP contribution in [0.3, 0.4) is 0 Å². The van der Waals surface area contributed by atoms with Gasteiger partial charge in [0.15, 0.2) is 0 Å². The molecular formula is C10H8F3NS2. The Morgan fingerprint density at radius 2 is 2.06 bits per heavy atom. The first-order chi connectivity index (χ1) is 7.39. The molecule has 16 heavy (non-hydrogen) atoms. The molecule has 0 aliphatic carbocycles. The van der Waals surface area contributed by atoms with Crippen molar-refractivity contribution in [2.24, 2.45) is 0 Å². The minimum atomic E-state index is -4.36. The van der Waals surface area contributed by atoms with Crippen LogP contribution in [0, 0.1) is 0 Å². The zero-order chi connectivity index (χ0) is 11.9. The van der Waals surface area contributed by atoms with Gasteiger partial charge in [0, 0.05) is 0 Å². The molecule has 0 saturated heterocycles. The summed E-state index contributed by atoms with van der Waals surface area (Å²) in [4.78, 5) is 4.00. The maximum absolute atomic E-state index is 12.7. The van der Waals surface area contributed by atoms with Crippen molar-refractivity contribution in [3.05, 3.63) is 28.8 Å². The van der Waals surface area contributed by atoms with E-state index in [4.69, 9.17) is 0 Å². The molecule has 6 heteroatoms. The fraction of sp³-hybridized carbons (Fsp3) is 0.300. The zero-order valence-electron chi connectivity index (χ0n) is 8.25. The Balaban J connectivity index is 2.68. The monoisotopic (exact) mass is 263 g/mol. The van der Waals surface area contributed by atoms with E-state index in [9.17, 15) is 13.2 Å². The first kappa shape index (κ1) is 11.7. The predicted octanol–water partition coefficient (Wildman–Crippen LogP) is 4.31. The SMILES string of the molecule is CC(S)c1nc2c(C(F)(F)F)cccc2s1. The van der Waals surface area contributed by atoms with Crippen LogP contribution < -0.4 is 0 Å². The smallest absolute Gasteiger partial charge is 0.239 e. The lowest BCUT2D eigenvalue weighted by molar-refractivity contribution is -0.136. The van der Waals surface area contributed by atoms with Crippen molar-refractivity contribution in [1.29, 1.82) is 0 Å². The number of thiazole rings is 1. The highest BCUT2D eigenvalue weighted by atomic mass is 32.1. The number of rotatable bonds is 1. The molecule has 0 saturated carbocycles. The van der Waals surface area contributed by atoms with Crippen LogP contribution in [0.25, 0.3) is 10.2 Å². The van der Waals surface area contributed by atoms with Crippen LogP contribution in [0.15, 0.2) is 18.2 Å². The lowest BCUT2D eigenvalue weighted by Crippen LogP contribution is -2.05. The first-order valence-corrected chi connectivity index (χ1v) is 5.87. The Kier molecular flexibility index (Phi) is 2.88. The quantitative estimate of drug-likeness (QED) is 0.757. The predicted molar refractivity (Wildman–Crippen MR) is 62.0 cm³/mol. The Morgan fingerprint density at radius 3 is 2.62 bits per heavy atom. The number of halogens is 3. The Labute approximate surface area is 99.7 Å².